The first-order valence-electron chi connectivity index (χ1n) is 5.51. The summed E-state index contributed by atoms with van der Waals surface area (Å²) >= 11 is 0. The summed E-state index contributed by atoms with van der Waals surface area (Å²) in [7, 11) is 1.42. The van der Waals surface area contributed by atoms with E-state index in [4.69, 9.17) is 9.84 Å². The number of phenolic OH excluding ortho intramolecular Hbond substituents is 1. The largest absolute Gasteiger partial charge is 0.508 e. The Labute approximate surface area is 109 Å². The fourth-order valence-electron chi connectivity index (χ4n) is 1.64. The molecule has 1 aromatic heterocycles. The minimum atomic E-state index is -0.980. The van der Waals surface area contributed by atoms with Gasteiger partial charge in [-0.2, -0.15) is 4.98 Å². The lowest BCUT2D eigenvalue weighted by Gasteiger charge is -2.07. The van der Waals surface area contributed by atoms with Crippen LogP contribution in [0.1, 0.15) is 5.56 Å². The number of benzene rings is 1. The van der Waals surface area contributed by atoms with E-state index in [1.54, 1.807) is 18.2 Å². The smallest absolute Gasteiger partial charge is 0.308 e. The highest BCUT2D eigenvalue weighted by Crippen LogP contribution is 2.23. The van der Waals surface area contributed by atoms with E-state index >= 15 is 0 Å². The predicted molar refractivity (Wildman–Crippen MR) is 67.0 cm³/mol. The summed E-state index contributed by atoms with van der Waals surface area (Å²) in [5, 5.41) is 18.2. The third-order valence-corrected chi connectivity index (χ3v) is 2.46. The summed E-state index contributed by atoms with van der Waals surface area (Å²) in [6.07, 6.45) is 1.21. The Balaban J connectivity index is 2.41. The van der Waals surface area contributed by atoms with Gasteiger partial charge < -0.3 is 14.9 Å². The number of nitrogens with zero attached hydrogens (tertiary/aromatic N) is 2. The molecule has 2 rings (SSSR count). The number of methoxy groups -OCH3 is 1. The normalized spacial score (nSPS) is 10.2. The number of carbonyl (C=O) groups is 1. The number of aromatic nitrogens is 2. The maximum absolute atomic E-state index is 10.7. The average Bonchev–Trinajstić information content (AvgIpc) is 2.38. The highest BCUT2D eigenvalue weighted by molar-refractivity contribution is 5.71. The van der Waals surface area contributed by atoms with E-state index in [9.17, 15) is 9.90 Å². The number of aromatic hydroxyl groups is 1. The SMILES string of the molecule is COc1nc(-c2cccc(O)c2)ncc1CC(=O)O. The van der Waals surface area contributed by atoms with E-state index in [1.807, 2.05) is 0 Å². The molecule has 0 saturated heterocycles. The number of aliphatic carboxylic acids is 1. The van der Waals surface area contributed by atoms with Crippen LogP contribution in [0.4, 0.5) is 0 Å². The molecule has 0 aliphatic carbocycles. The third-order valence-electron chi connectivity index (χ3n) is 2.46. The van der Waals surface area contributed by atoms with Gasteiger partial charge in [0.1, 0.15) is 5.75 Å². The molecule has 0 amide bonds. The first-order valence-corrected chi connectivity index (χ1v) is 5.51. The minimum Gasteiger partial charge on any atom is -0.508 e. The number of hydrogen-bond acceptors (Lipinski definition) is 5. The second-order valence-electron chi connectivity index (χ2n) is 3.85. The van der Waals surface area contributed by atoms with Crippen molar-refractivity contribution in [2.24, 2.45) is 0 Å². The van der Waals surface area contributed by atoms with Crippen molar-refractivity contribution in [3.8, 4) is 23.0 Å². The fraction of sp³-hybridized carbons (Fsp3) is 0.154. The average molecular weight is 260 g/mol. The van der Waals surface area contributed by atoms with Crippen LogP contribution in [0.25, 0.3) is 11.4 Å². The minimum absolute atomic E-state index is 0.106. The fourth-order valence-corrected chi connectivity index (χ4v) is 1.64. The number of rotatable bonds is 4. The molecule has 0 saturated carbocycles. The van der Waals surface area contributed by atoms with Gasteiger partial charge in [-0.3, -0.25) is 4.79 Å². The van der Waals surface area contributed by atoms with Crippen molar-refractivity contribution in [3.63, 3.8) is 0 Å². The quantitative estimate of drug-likeness (QED) is 0.865. The Morgan fingerprint density at radius 2 is 2.21 bits per heavy atom. The Morgan fingerprint density at radius 1 is 1.42 bits per heavy atom. The summed E-state index contributed by atoms with van der Waals surface area (Å²) in [5.41, 5.74) is 1.03. The van der Waals surface area contributed by atoms with Crippen LogP contribution < -0.4 is 4.74 Å². The highest BCUT2D eigenvalue weighted by atomic mass is 16.5. The molecule has 0 atom stereocenters. The highest BCUT2D eigenvalue weighted by Gasteiger charge is 2.12. The van der Waals surface area contributed by atoms with Gasteiger partial charge in [0.25, 0.3) is 0 Å². The van der Waals surface area contributed by atoms with Gasteiger partial charge in [0, 0.05) is 17.3 Å². The van der Waals surface area contributed by atoms with Gasteiger partial charge in [-0.15, -0.1) is 0 Å². The lowest BCUT2D eigenvalue weighted by atomic mass is 10.2. The lowest BCUT2D eigenvalue weighted by molar-refractivity contribution is -0.136. The molecule has 2 aromatic rings. The molecule has 0 radical (unpaired) electrons. The number of carboxylic acids is 1. The van der Waals surface area contributed by atoms with Gasteiger partial charge >= 0.3 is 5.97 Å². The molecule has 1 aromatic carbocycles. The van der Waals surface area contributed by atoms with E-state index in [1.165, 1.54) is 19.4 Å². The number of phenols is 1. The summed E-state index contributed by atoms with van der Waals surface area (Å²) in [4.78, 5) is 18.9. The molecule has 19 heavy (non-hydrogen) atoms. The van der Waals surface area contributed by atoms with Crippen molar-refractivity contribution in [2.75, 3.05) is 7.11 Å². The number of carboxylic acid groups (broad SMARTS) is 1. The summed E-state index contributed by atoms with van der Waals surface area (Å²) in [6.45, 7) is 0. The standard InChI is InChI=1S/C13H12N2O4/c1-19-13-9(6-11(17)18)7-14-12(15-13)8-3-2-4-10(16)5-8/h2-5,7,16H,6H2,1H3,(H,17,18). The molecule has 98 valence electrons. The maximum atomic E-state index is 10.7. The van der Waals surface area contributed by atoms with E-state index < -0.39 is 5.97 Å². The first kappa shape index (κ1) is 12.8. The molecular weight excluding hydrogens is 248 g/mol. The molecule has 1 heterocycles. The molecule has 0 fully saturated rings. The molecular formula is C13H12N2O4. The van der Waals surface area contributed by atoms with Crippen LogP contribution in [0.15, 0.2) is 30.5 Å². The Kier molecular flexibility index (Phi) is 3.61. The first-order chi connectivity index (χ1) is 9.10. The second kappa shape index (κ2) is 5.34. The van der Waals surface area contributed by atoms with Crippen LogP contribution >= 0.6 is 0 Å². The van der Waals surface area contributed by atoms with Crippen LogP contribution in [0.3, 0.4) is 0 Å². The van der Waals surface area contributed by atoms with E-state index in [2.05, 4.69) is 9.97 Å². The second-order valence-corrected chi connectivity index (χ2v) is 3.85. The molecule has 2 N–H and O–H groups in total. The molecule has 0 spiro atoms. The Bertz CT molecular complexity index is 613. The van der Waals surface area contributed by atoms with Crippen LogP contribution in [-0.2, 0) is 11.2 Å². The summed E-state index contributed by atoms with van der Waals surface area (Å²) in [5.74, 6) is -0.292. The van der Waals surface area contributed by atoms with Crippen molar-refractivity contribution >= 4 is 5.97 Å². The molecule has 6 nitrogen and oxygen atoms in total. The van der Waals surface area contributed by atoms with E-state index in [0.717, 1.165) is 0 Å². The molecule has 0 aliphatic heterocycles. The van der Waals surface area contributed by atoms with Crippen LogP contribution in [0, 0.1) is 0 Å². The van der Waals surface area contributed by atoms with Gasteiger partial charge in [-0.05, 0) is 12.1 Å². The van der Waals surface area contributed by atoms with Crippen LogP contribution in [-0.4, -0.2) is 33.3 Å². The number of ether oxygens (including phenoxy) is 1. The van der Waals surface area contributed by atoms with Crippen molar-refractivity contribution in [1.82, 2.24) is 9.97 Å². The Hall–Kier alpha value is -2.63. The molecule has 6 heteroatoms. The van der Waals surface area contributed by atoms with E-state index in [-0.39, 0.29) is 18.1 Å². The zero-order chi connectivity index (χ0) is 13.8. The number of hydrogen-bond donors (Lipinski definition) is 2. The van der Waals surface area contributed by atoms with Crippen molar-refractivity contribution in [2.45, 2.75) is 6.42 Å². The molecule has 0 unspecified atom stereocenters. The zero-order valence-corrected chi connectivity index (χ0v) is 10.2. The van der Waals surface area contributed by atoms with Gasteiger partial charge in [-0.1, -0.05) is 12.1 Å². The van der Waals surface area contributed by atoms with Crippen molar-refractivity contribution in [3.05, 3.63) is 36.0 Å². The van der Waals surface area contributed by atoms with Gasteiger partial charge in [-0.25, -0.2) is 4.98 Å². The Morgan fingerprint density at radius 3 is 2.84 bits per heavy atom. The van der Waals surface area contributed by atoms with Gasteiger partial charge in [0.05, 0.1) is 13.5 Å². The summed E-state index contributed by atoms with van der Waals surface area (Å²) < 4.78 is 5.06. The van der Waals surface area contributed by atoms with Crippen LogP contribution in [0.2, 0.25) is 0 Å². The summed E-state index contributed by atoms with van der Waals surface area (Å²) in [6, 6.07) is 6.47. The topological polar surface area (TPSA) is 92.5 Å². The van der Waals surface area contributed by atoms with Crippen molar-refractivity contribution < 1.29 is 19.7 Å². The van der Waals surface area contributed by atoms with E-state index in [0.29, 0.717) is 17.0 Å². The third kappa shape index (κ3) is 2.98. The van der Waals surface area contributed by atoms with Crippen molar-refractivity contribution in [1.29, 1.82) is 0 Å². The molecule has 0 bridgehead atoms. The van der Waals surface area contributed by atoms with Gasteiger partial charge in [0.2, 0.25) is 5.88 Å². The monoisotopic (exact) mass is 260 g/mol. The van der Waals surface area contributed by atoms with Gasteiger partial charge in [0.15, 0.2) is 5.82 Å². The maximum Gasteiger partial charge on any atom is 0.308 e. The van der Waals surface area contributed by atoms with Crippen LogP contribution in [0.5, 0.6) is 11.6 Å². The predicted octanol–water partition coefficient (Wildman–Crippen LogP) is 1.48. The zero-order valence-electron chi connectivity index (χ0n) is 10.2. The lowest BCUT2D eigenvalue weighted by Crippen LogP contribution is -2.05. The molecule has 0 aliphatic rings.